The summed E-state index contributed by atoms with van der Waals surface area (Å²) in [5, 5.41) is 3.14. The zero-order chi connectivity index (χ0) is 14.1. The van der Waals surface area contributed by atoms with E-state index < -0.39 is 14.6 Å². The lowest BCUT2D eigenvalue weighted by Gasteiger charge is -2.40. The van der Waals surface area contributed by atoms with E-state index in [2.05, 4.69) is 12.2 Å². The van der Waals surface area contributed by atoms with Crippen LogP contribution >= 0.6 is 0 Å². The molecule has 110 valence electrons. The van der Waals surface area contributed by atoms with Gasteiger partial charge >= 0.3 is 0 Å². The highest BCUT2D eigenvalue weighted by molar-refractivity contribution is 7.92. The Morgan fingerprint density at radius 1 is 1.21 bits per heavy atom. The highest BCUT2D eigenvalue weighted by atomic mass is 32.2. The van der Waals surface area contributed by atoms with Gasteiger partial charge in [-0.1, -0.05) is 6.92 Å². The van der Waals surface area contributed by atoms with Crippen LogP contribution in [-0.2, 0) is 14.6 Å². The molecule has 1 amide bonds. The summed E-state index contributed by atoms with van der Waals surface area (Å²) in [5.74, 6) is 0.467. The molecule has 0 aliphatic carbocycles. The summed E-state index contributed by atoms with van der Waals surface area (Å²) < 4.78 is 23.2. The maximum absolute atomic E-state index is 12.7. The van der Waals surface area contributed by atoms with E-state index >= 15 is 0 Å². The minimum atomic E-state index is -3.38. The van der Waals surface area contributed by atoms with Crippen molar-refractivity contribution < 1.29 is 13.2 Å². The third-order valence-corrected chi connectivity index (χ3v) is 6.58. The molecule has 19 heavy (non-hydrogen) atoms. The van der Waals surface area contributed by atoms with Gasteiger partial charge in [-0.2, -0.15) is 0 Å². The van der Waals surface area contributed by atoms with Crippen molar-refractivity contribution in [2.24, 2.45) is 5.92 Å². The van der Waals surface area contributed by atoms with Gasteiger partial charge in [0.15, 0.2) is 14.6 Å². The zero-order valence-corrected chi connectivity index (χ0v) is 12.6. The smallest absolute Gasteiger partial charge is 0.244 e. The number of rotatable bonds is 2. The molecule has 0 aromatic rings. The van der Waals surface area contributed by atoms with Gasteiger partial charge in [0.1, 0.15) is 0 Å². The summed E-state index contributed by atoms with van der Waals surface area (Å²) in [6, 6.07) is 0. The van der Waals surface area contributed by atoms with Crippen LogP contribution in [0, 0.1) is 5.92 Å². The number of sulfone groups is 1. The summed E-state index contributed by atoms with van der Waals surface area (Å²) in [6.07, 6.45) is 3.96. The minimum Gasteiger partial charge on any atom is -0.341 e. The molecule has 0 bridgehead atoms. The maximum Gasteiger partial charge on any atom is 0.244 e. The first kappa shape index (κ1) is 14.8. The van der Waals surface area contributed by atoms with Crippen molar-refractivity contribution in [3.63, 3.8) is 0 Å². The quantitative estimate of drug-likeness (QED) is 0.799. The van der Waals surface area contributed by atoms with Crippen LogP contribution in [0.1, 0.15) is 32.6 Å². The highest BCUT2D eigenvalue weighted by Crippen LogP contribution is 2.31. The number of carbonyl (C=O) groups is 1. The lowest BCUT2D eigenvalue weighted by molar-refractivity contribution is -0.136. The van der Waals surface area contributed by atoms with Crippen molar-refractivity contribution in [3.8, 4) is 0 Å². The molecule has 2 aliphatic heterocycles. The number of likely N-dealkylation sites (tertiary alicyclic amines) is 1. The number of piperidine rings is 2. The Kier molecular flexibility index (Phi) is 4.20. The van der Waals surface area contributed by atoms with Gasteiger partial charge in [-0.3, -0.25) is 4.79 Å². The predicted octanol–water partition coefficient (Wildman–Crippen LogP) is 0.412. The predicted molar refractivity (Wildman–Crippen MR) is 74.7 cm³/mol. The van der Waals surface area contributed by atoms with Crippen molar-refractivity contribution in [2.45, 2.75) is 37.4 Å². The SMILES string of the molecule is CC1CCN(C(=O)C2(S(C)(=O)=O)CCNCC2)CC1. The van der Waals surface area contributed by atoms with E-state index in [9.17, 15) is 13.2 Å². The Morgan fingerprint density at radius 3 is 2.21 bits per heavy atom. The normalized spacial score (nSPS) is 25.3. The van der Waals surface area contributed by atoms with Gasteiger partial charge in [-0.15, -0.1) is 0 Å². The topological polar surface area (TPSA) is 66.5 Å². The molecule has 0 saturated carbocycles. The van der Waals surface area contributed by atoms with Gasteiger partial charge < -0.3 is 10.2 Å². The van der Waals surface area contributed by atoms with Crippen molar-refractivity contribution in [3.05, 3.63) is 0 Å². The first-order valence-corrected chi connectivity index (χ1v) is 8.96. The lowest BCUT2D eigenvalue weighted by Crippen LogP contribution is -2.59. The summed E-state index contributed by atoms with van der Waals surface area (Å²) in [4.78, 5) is 14.5. The largest absolute Gasteiger partial charge is 0.341 e. The Hall–Kier alpha value is -0.620. The molecule has 0 atom stereocenters. The second-order valence-electron chi connectivity index (χ2n) is 5.99. The molecule has 2 saturated heterocycles. The average molecular weight is 288 g/mol. The highest BCUT2D eigenvalue weighted by Gasteiger charge is 2.50. The molecular formula is C13H24N2O3S. The van der Waals surface area contributed by atoms with Gasteiger partial charge in [0.2, 0.25) is 5.91 Å². The van der Waals surface area contributed by atoms with E-state index in [0.29, 0.717) is 44.9 Å². The second-order valence-corrected chi connectivity index (χ2v) is 8.32. The van der Waals surface area contributed by atoms with Crippen molar-refractivity contribution in [2.75, 3.05) is 32.4 Å². The van der Waals surface area contributed by atoms with Crippen LogP contribution in [0.2, 0.25) is 0 Å². The lowest BCUT2D eigenvalue weighted by atomic mass is 9.92. The average Bonchev–Trinajstić information content (AvgIpc) is 2.38. The van der Waals surface area contributed by atoms with Gasteiger partial charge in [0, 0.05) is 19.3 Å². The molecule has 6 heteroatoms. The maximum atomic E-state index is 12.7. The monoisotopic (exact) mass is 288 g/mol. The minimum absolute atomic E-state index is 0.164. The van der Waals surface area contributed by atoms with E-state index in [0.717, 1.165) is 12.8 Å². The summed E-state index contributed by atoms with van der Waals surface area (Å²) >= 11 is 0. The van der Waals surface area contributed by atoms with Crippen LogP contribution in [0.4, 0.5) is 0 Å². The molecule has 0 aromatic heterocycles. The fraction of sp³-hybridized carbons (Fsp3) is 0.923. The fourth-order valence-corrected chi connectivity index (χ4v) is 4.47. The van der Waals surface area contributed by atoms with Crippen LogP contribution in [-0.4, -0.2) is 56.4 Å². The van der Waals surface area contributed by atoms with Crippen LogP contribution in [0.3, 0.4) is 0 Å². The zero-order valence-electron chi connectivity index (χ0n) is 11.8. The second kappa shape index (κ2) is 5.40. The molecule has 0 unspecified atom stereocenters. The summed E-state index contributed by atoms with van der Waals surface area (Å²) in [6.45, 7) is 4.78. The van der Waals surface area contributed by atoms with Gasteiger partial charge in [-0.05, 0) is 44.7 Å². The van der Waals surface area contributed by atoms with Crippen LogP contribution in [0.25, 0.3) is 0 Å². The van der Waals surface area contributed by atoms with E-state index in [1.807, 2.05) is 0 Å². The Bertz CT molecular complexity index is 433. The Labute approximate surface area is 115 Å². The number of hydrogen-bond acceptors (Lipinski definition) is 4. The van der Waals surface area contributed by atoms with Crippen molar-refractivity contribution in [1.29, 1.82) is 0 Å². The van der Waals surface area contributed by atoms with Crippen molar-refractivity contribution in [1.82, 2.24) is 10.2 Å². The van der Waals surface area contributed by atoms with E-state index in [4.69, 9.17) is 0 Å². The standard InChI is InChI=1S/C13H24N2O3S/c1-11-3-9-15(10-4-11)12(16)13(19(2,17)18)5-7-14-8-6-13/h11,14H,3-10H2,1-2H3. The molecule has 5 nitrogen and oxygen atoms in total. The summed E-state index contributed by atoms with van der Waals surface area (Å²) in [7, 11) is -3.38. The summed E-state index contributed by atoms with van der Waals surface area (Å²) in [5.41, 5.74) is 0. The molecule has 0 radical (unpaired) electrons. The van der Waals surface area contributed by atoms with Crippen molar-refractivity contribution >= 4 is 15.7 Å². The molecular weight excluding hydrogens is 264 g/mol. The van der Waals surface area contributed by atoms with Gasteiger partial charge in [-0.25, -0.2) is 8.42 Å². The third-order valence-electron chi connectivity index (χ3n) is 4.58. The first-order chi connectivity index (χ1) is 8.87. The van der Waals surface area contributed by atoms with Gasteiger partial charge in [0.05, 0.1) is 0 Å². The fourth-order valence-electron chi connectivity index (χ4n) is 3.07. The first-order valence-electron chi connectivity index (χ1n) is 7.06. The molecule has 2 aliphatic rings. The number of hydrogen-bond donors (Lipinski definition) is 1. The molecule has 0 aromatic carbocycles. The van der Waals surface area contributed by atoms with Crippen LogP contribution < -0.4 is 5.32 Å². The number of amides is 1. The van der Waals surface area contributed by atoms with E-state index in [1.54, 1.807) is 4.90 Å². The van der Waals surface area contributed by atoms with E-state index in [1.165, 1.54) is 6.26 Å². The number of nitrogens with one attached hydrogen (secondary N) is 1. The molecule has 2 fully saturated rings. The van der Waals surface area contributed by atoms with Crippen LogP contribution in [0.15, 0.2) is 0 Å². The molecule has 2 heterocycles. The Morgan fingerprint density at radius 2 is 1.74 bits per heavy atom. The van der Waals surface area contributed by atoms with Gasteiger partial charge in [0.25, 0.3) is 0 Å². The van der Waals surface area contributed by atoms with E-state index in [-0.39, 0.29) is 5.91 Å². The third kappa shape index (κ3) is 2.79. The van der Waals surface area contributed by atoms with Crippen LogP contribution in [0.5, 0.6) is 0 Å². The molecule has 0 spiro atoms. The number of nitrogens with zero attached hydrogens (tertiary/aromatic N) is 1. The molecule has 1 N–H and O–H groups in total. The Balaban J connectivity index is 2.21. The molecule has 2 rings (SSSR count). The number of carbonyl (C=O) groups excluding carboxylic acids is 1.